The van der Waals surface area contributed by atoms with Crippen molar-refractivity contribution in [2.24, 2.45) is 4.99 Å². The van der Waals surface area contributed by atoms with E-state index >= 15 is 0 Å². The van der Waals surface area contributed by atoms with Crippen LogP contribution in [0.1, 0.15) is 73.3 Å². The van der Waals surface area contributed by atoms with Crippen molar-refractivity contribution >= 4 is 33.3 Å². The third-order valence-electron chi connectivity index (χ3n) is 8.71. The van der Waals surface area contributed by atoms with Gasteiger partial charge in [0.1, 0.15) is 5.58 Å². The maximum atomic E-state index is 6.42. The largest absolute Gasteiger partial charge is 0.501 e. The molecule has 235 valence electrons. The summed E-state index contributed by atoms with van der Waals surface area (Å²) < 4.78 is 6.42. The van der Waals surface area contributed by atoms with Gasteiger partial charge in [-0.3, -0.25) is 4.99 Å². The number of aromatic nitrogens is 1. The number of pyridine rings is 1. The SMILES string of the molecule is CC(C)c1cccc(C(C)C)c1C1C(c2[c-]ccc3c2oc2ccccc23)=Nc2ccccc21.[Ir].[c-]1ccccc1-c1ccccn1. The van der Waals surface area contributed by atoms with Crippen molar-refractivity contribution in [1.82, 2.24) is 4.98 Å². The average Bonchev–Trinajstić information content (AvgIpc) is 3.68. The molecular formula is C43H36IrN2O-2. The summed E-state index contributed by atoms with van der Waals surface area (Å²) in [6.45, 7) is 9.14. The summed E-state index contributed by atoms with van der Waals surface area (Å²) >= 11 is 0. The first kappa shape index (κ1) is 32.3. The minimum atomic E-state index is 0. The van der Waals surface area contributed by atoms with Gasteiger partial charge in [0.05, 0.1) is 11.3 Å². The van der Waals surface area contributed by atoms with Gasteiger partial charge in [-0.1, -0.05) is 105 Å². The van der Waals surface area contributed by atoms with Gasteiger partial charge in [0.2, 0.25) is 0 Å². The maximum absolute atomic E-state index is 6.42. The summed E-state index contributed by atoms with van der Waals surface area (Å²) in [6, 6.07) is 48.0. The number of nitrogens with zero attached hydrogens (tertiary/aromatic N) is 2. The smallest absolute Gasteiger partial charge is 0.120 e. The van der Waals surface area contributed by atoms with Crippen LogP contribution in [0.2, 0.25) is 0 Å². The summed E-state index contributed by atoms with van der Waals surface area (Å²) in [5.74, 6) is 0.865. The molecule has 5 aromatic carbocycles. The number of fused-ring (bicyclic) bond motifs is 4. The van der Waals surface area contributed by atoms with E-state index in [1.165, 1.54) is 22.3 Å². The van der Waals surface area contributed by atoms with Gasteiger partial charge in [-0.25, -0.2) is 0 Å². The molecular weight excluding hydrogens is 753 g/mol. The van der Waals surface area contributed by atoms with E-state index in [2.05, 4.69) is 105 Å². The molecule has 1 unspecified atom stereocenters. The zero-order valence-corrected chi connectivity index (χ0v) is 29.4. The summed E-state index contributed by atoms with van der Waals surface area (Å²) in [5.41, 5.74) is 12.2. The molecule has 1 aliphatic heterocycles. The van der Waals surface area contributed by atoms with Crippen molar-refractivity contribution in [2.75, 3.05) is 0 Å². The molecule has 0 spiro atoms. The van der Waals surface area contributed by atoms with Crippen LogP contribution in [0.3, 0.4) is 0 Å². The number of hydrogen-bond acceptors (Lipinski definition) is 3. The van der Waals surface area contributed by atoms with Gasteiger partial charge in [-0.05, 0) is 63.7 Å². The van der Waals surface area contributed by atoms with E-state index in [1.807, 2.05) is 60.7 Å². The minimum absolute atomic E-state index is 0. The van der Waals surface area contributed by atoms with Crippen molar-refractivity contribution < 1.29 is 24.5 Å². The Balaban J connectivity index is 0.000000250. The van der Waals surface area contributed by atoms with Crippen molar-refractivity contribution in [1.29, 1.82) is 0 Å². The first-order valence-corrected chi connectivity index (χ1v) is 16.0. The van der Waals surface area contributed by atoms with Crippen molar-refractivity contribution in [3.63, 3.8) is 0 Å². The van der Waals surface area contributed by atoms with Gasteiger partial charge in [0.15, 0.2) is 0 Å². The van der Waals surface area contributed by atoms with Gasteiger partial charge in [-0.2, -0.15) is 0 Å². The molecule has 0 bridgehead atoms. The monoisotopic (exact) mass is 789 g/mol. The predicted octanol–water partition coefficient (Wildman–Crippen LogP) is 11.4. The number of hydrogen-bond donors (Lipinski definition) is 0. The molecule has 3 heterocycles. The molecule has 4 heteroatoms. The third-order valence-corrected chi connectivity index (χ3v) is 8.71. The molecule has 0 saturated heterocycles. The standard InChI is InChI=1S/C32H28NO.C11H8N.Ir/c1-19(2)21-13-9-14-22(20(3)4)29(21)30-25-12-5-7-17-27(25)33-31(30)26-16-10-15-24-23-11-6-8-18-28(23)34-32(24)26;1-2-6-10(7-3-1)11-8-4-5-9-12-11;/h5-15,17-20,30H,1-4H3;1-6,8-9H;/q2*-1;. The number of aliphatic imine (C=N–C) groups is 1. The molecule has 0 amide bonds. The van der Waals surface area contributed by atoms with E-state index in [4.69, 9.17) is 9.41 Å². The molecule has 7 aromatic rings. The van der Waals surface area contributed by atoms with Crippen molar-refractivity contribution in [2.45, 2.75) is 45.4 Å². The second kappa shape index (κ2) is 14.0. The van der Waals surface area contributed by atoms with E-state index in [0.717, 1.165) is 50.2 Å². The van der Waals surface area contributed by atoms with E-state index in [0.29, 0.717) is 11.8 Å². The molecule has 1 atom stereocenters. The Morgan fingerprint density at radius 3 is 2.11 bits per heavy atom. The van der Waals surface area contributed by atoms with Gasteiger partial charge in [0, 0.05) is 37.6 Å². The van der Waals surface area contributed by atoms with Gasteiger partial charge in [0.25, 0.3) is 0 Å². The number of benzene rings is 5. The topological polar surface area (TPSA) is 38.4 Å². The first-order valence-electron chi connectivity index (χ1n) is 16.0. The number of furan rings is 1. The van der Waals surface area contributed by atoms with E-state index in [1.54, 1.807) is 6.20 Å². The van der Waals surface area contributed by atoms with Crippen LogP contribution >= 0.6 is 0 Å². The van der Waals surface area contributed by atoms with Crippen molar-refractivity contribution in [3.8, 4) is 11.3 Å². The molecule has 0 aliphatic carbocycles. The summed E-state index contributed by atoms with van der Waals surface area (Å²) in [5, 5.41) is 2.24. The van der Waals surface area contributed by atoms with Crippen LogP contribution in [0.4, 0.5) is 5.69 Å². The fourth-order valence-corrected chi connectivity index (χ4v) is 6.56. The normalized spacial score (nSPS) is 13.7. The second-order valence-electron chi connectivity index (χ2n) is 12.3. The van der Waals surface area contributed by atoms with E-state index in [-0.39, 0.29) is 26.0 Å². The second-order valence-corrected chi connectivity index (χ2v) is 12.3. The summed E-state index contributed by atoms with van der Waals surface area (Å²) in [7, 11) is 0. The minimum Gasteiger partial charge on any atom is -0.501 e. The Labute approximate surface area is 290 Å². The van der Waals surface area contributed by atoms with Crippen LogP contribution in [0.5, 0.6) is 0 Å². The van der Waals surface area contributed by atoms with Crippen LogP contribution in [0.15, 0.2) is 137 Å². The van der Waals surface area contributed by atoms with Gasteiger partial charge >= 0.3 is 0 Å². The Hall–Kier alpha value is -4.63. The Bertz CT molecular complexity index is 2100. The van der Waals surface area contributed by atoms with E-state index < -0.39 is 0 Å². The summed E-state index contributed by atoms with van der Waals surface area (Å²) in [4.78, 5) is 9.44. The van der Waals surface area contributed by atoms with Gasteiger partial charge in [-0.15, -0.1) is 54.1 Å². The molecule has 47 heavy (non-hydrogen) atoms. The number of para-hydroxylation sites is 2. The van der Waals surface area contributed by atoms with Crippen LogP contribution < -0.4 is 0 Å². The van der Waals surface area contributed by atoms with Crippen LogP contribution in [-0.4, -0.2) is 10.7 Å². The molecule has 0 N–H and O–H groups in total. The molecule has 0 saturated carbocycles. The summed E-state index contributed by atoms with van der Waals surface area (Å²) in [6.07, 6.45) is 1.79. The molecule has 1 aliphatic rings. The van der Waals surface area contributed by atoms with Crippen molar-refractivity contribution in [3.05, 3.63) is 167 Å². The zero-order valence-electron chi connectivity index (χ0n) is 27.0. The molecule has 3 nitrogen and oxygen atoms in total. The van der Waals surface area contributed by atoms with Crippen LogP contribution in [0, 0.1) is 12.1 Å². The molecule has 2 aromatic heterocycles. The van der Waals surface area contributed by atoms with E-state index in [9.17, 15) is 0 Å². The maximum Gasteiger partial charge on any atom is 0.120 e. The fourth-order valence-electron chi connectivity index (χ4n) is 6.56. The average molecular weight is 789 g/mol. The quantitative estimate of drug-likeness (QED) is 0.163. The van der Waals surface area contributed by atoms with Crippen LogP contribution in [-0.2, 0) is 20.1 Å². The Morgan fingerprint density at radius 1 is 0.660 bits per heavy atom. The third kappa shape index (κ3) is 6.24. The Morgan fingerprint density at radius 2 is 1.38 bits per heavy atom. The first-order chi connectivity index (χ1) is 22.5. The van der Waals surface area contributed by atoms with Gasteiger partial charge < -0.3 is 9.40 Å². The Kier molecular flexibility index (Phi) is 9.63. The zero-order chi connectivity index (χ0) is 31.6. The molecule has 1 radical (unpaired) electrons. The fraction of sp³-hybridized carbons (Fsp3) is 0.163. The predicted molar refractivity (Wildman–Crippen MR) is 190 cm³/mol. The molecule has 0 fully saturated rings. The number of rotatable bonds is 5. The van der Waals surface area contributed by atoms with Crippen LogP contribution in [0.25, 0.3) is 33.2 Å². The molecule has 8 rings (SSSR count).